The molecule has 1 N–H and O–H groups in total. The summed E-state index contributed by atoms with van der Waals surface area (Å²) in [5.74, 6) is 1.93. The molecule has 2 unspecified atom stereocenters. The smallest absolute Gasteiger partial charge is 0.119 e. The van der Waals surface area contributed by atoms with Gasteiger partial charge in [0.15, 0.2) is 0 Å². The van der Waals surface area contributed by atoms with Crippen LogP contribution in [0.2, 0.25) is 0 Å². The molecule has 1 aromatic carbocycles. The summed E-state index contributed by atoms with van der Waals surface area (Å²) >= 11 is 0. The van der Waals surface area contributed by atoms with E-state index < -0.39 is 0 Å². The van der Waals surface area contributed by atoms with Gasteiger partial charge < -0.3 is 10.1 Å². The molecule has 20 heavy (non-hydrogen) atoms. The van der Waals surface area contributed by atoms with E-state index >= 15 is 0 Å². The Bertz CT molecular complexity index is 391. The first-order valence-electron chi connectivity index (χ1n) is 8.27. The summed E-state index contributed by atoms with van der Waals surface area (Å²) in [7, 11) is 0. The van der Waals surface area contributed by atoms with Gasteiger partial charge in [0.25, 0.3) is 0 Å². The third-order valence-corrected chi connectivity index (χ3v) is 4.33. The molecule has 0 saturated heterocycles. The topological polar surface area (TPSA) is 21.3 Å². The molecule has 1 aromatic rings. The average molecular weight is 275 g/mol. The summed E-state index contributed by atoms with van der Waals surface area (Å²) in [6.45, 7) is 6.22. The van der Waals surface area contributed by atoms with Crippen LogP contribution in [-0.2, 0) is 6.54 Å². The lowest BCUT2D eigenvalue weighted by Gasteiger charge is -2.29. The lowest BCUT2D eigenvalue weighted by molar-refractivity contribution is 0.278. The van der Waals surface area contributed by atoms with Gasteiger partial charge in [-0.15, -0.1) is 0 Å². The quantitative estimate of drug-likeness (QED) is 0.789. The van der Waals surface area contributed by atoms with Crippen LogP contribution in [0.5, 0.6) is 5.75 Å². The molecular formula is C18H29NO. The molecule has 0 amide bonds. The summed E-state index contributed by atoms with van der Waals surface area (Å²) in [6.07, 6.45) is 7.89. The van der Waals surface area contributed by atoms with Crippen molar-refractivity contribution in [1.29, 1.82) is 0 Å². The molecule has 112 valence electrons. The predicted molar refractivity (Wildman–Crippen MR) is 85.1 cm³/mol. The number of benzene rings is 1. The molecule has 0 aliphatic heterocycles. The average Bonchev–Trinajstić information content (AvgIpc) is 2.51. The normalized spacial score (nSPS) is 22.7. The number of hydrogen-bond donors (Lipinski definition) is 1. The van der Waals surface area contributed by atoms with E-state index in [4.69, 9.17) is 4.74 Å². The minimum absolute atomic E-state index is 0.703. The van der Waals surface area contributed by atoms with Gasteiger partial charge in [0.05, 0.1) is 6.61 Å². The van der Waals surface area contributed by atoms with Crippen molar-refractivity contribution in [3.8, 4) is 5.75 Å². The minimum Gasteiger partial charge on any atom is -0.494 e. The van der Waals surface area contributed by atoms with Crippen LogP contribution in [0.1, 0.15) is 57.9 Å². The Morgan fingerprint density at radius 3 is 2.95 bits per heavy atom. The van der Waals surface area contributed by atoms with Gasteiger partial charge in [-0.05, 0) is 42.9 Å². The van der Waals surface area contributed by atoms with Crippen molar-refractivity contribution in [1.82, 2.24) is 5.32 Å². The third kappa shape index (κ3) is 4.82. The second-order valence-electron chi connectivity index (χ2n) is 6.01. The van der Waals surface area contributed by atoms with Gasteiger partial charge in [-0.1, -0.05) is 45.2 Å². The molecule has 2 rings (SSSR count). The van der Waals surface area contributed by atoms with E-state index in [0.29, 0.717) is 6.04 Å². The van der Waals surface area contributed by atoms with Crippen LogP contribution in [0, 0.1) is 5.92 Å². The van der Waals surface area contributed by atoms with Gasteiger partial charge in [-0.25, -0.2) is 0 Å². The number of hydrogen-bond acceptors (Lipinski definition) is 2. The number of nitrogens with one attached hydrogen (secondary N) is 1. The molecule has 1 aliphatic rings. The molecule has 2 nitrogen and oxygen atoms in total. The maximum Gasteiger partial charge on any atom is 0.119 e. The number of rotatable bonds is 7. The molecule has 0 spiro atoms. The van der Waals surface area contributed by atoms with Gasteiger partial charge in [0, 0.05) is 12.6 Å². The zero-order chi connectivity index (χ0) is 14.2. The van der Waals surface area contributed by atoms with E-state index in [9.17, 15) is 0 Å². The van der Waals surface area contributed by atoms with Crippen LogP contribution in [0.15, 0.2) is 24.3 Å². The van der Waals surface area contributed by atoms with E-state index in [0.717, 1.165) is 31.2 Å². The molecule has 1 saturated carbocycles. The fourth-order valence-electron chi connectivity index (χ4n) is 3.07. The van der Waals surface area contributed by atoms with Crippen molar-refractivity contribution in [3.63, 3.8) is 0 Å². The van der Waals surface area contributed by atoms with E-state index in [1.54, 1.807) is 0 Å². The lowest BCUT2D eigenvalue weighted by Crippen LogP contribution is -2.33. The molecule has 0 heterocycles. The molecule has 1 fully saturated rings. The first-order chi connectivity index (χ1) is 9.81. The Morgan fingerprint density at radius 1 is 1.25 bits per heavy atom. The second kappa shape index (κ2) is 8.31. The highest BCUT2D eigenvalue weighted by atomic mass is 16.5. The fraction of sp³-hybridized carbons (Fsp3) is 0.667. The van der Waals surface area contributed by atoms with Gasteiger partial charge >= 0.3 is 0 Å². The summed E-state index contributed by atoms with van der Waals surface area (Å²) in [4.78, 5) is 0. The van der Waals surface area contributed by atoms with Crippen molar-refractivity contribution in [3.05, 3.63) is 29.8 Å². The molecular weight excluding hydrogens is 246 g/mol. The zero-order valence-electron chi connectivity index (χ0n) is 13.0. The van der Waals surface area contributed by atoms with Crippen LogP contribution < -0.4 is 10.1 Å². The predicted octanol–water partition coefficient (Wildman–Crippen LogP) is 4.53. The minimum atomic E-state index is 0.703. The largest absolute Gasteiger partial charge is 0.494 e. The maximum atomic E-state index is 5.69. The molecule has 2 atom stereocenters. The second-order valence-corrected chi connectivity index (χ2v) is 6.01. The Kier molecular flexibility index (Phi) is 6.38. The van der Waals surface area contributed by atoms with Crippen molar-refractivity contribution >= 4 is 0 Å². The van der Waals surface area contributed by atoms with Crippen LogP contribution in [0.4, 0.5) is 0 Å². The standard InChI is InChI=1S/C18H29NO/c1-3-11-20-18-10-6-8-16(13-18)14-19-17-9-5-7-15(4-2)12-17/h6,8,10,13,15,17,19H,3-5,7,9,11-12,14H2,1-2H3. The van der Waals surface area contributed by atoms with Crippen LogP contribution in [0.3, 0.4) is 0 Å². The third-order valence-electron chi connectivity index (χ3n) is 4.33. The summed E-state index contributed by atoms with van der Waals surface area (Å²) in [6, 6.07) is 9.20. The van der Waals surface area contributed by atoms with Crippen molar-refractivity contribution in [2.75, 3.05) is 6.61 Å². The fourth-order valence-corrected chi connectivity index (χ4v) is 3.07. The Balaban J connectivity index is 1.81. The van der Waals surface area contributed by atoms with E-state index in [-0.39, 0.29) is 0 Å². The zero-order valence-corrected chi connectivity index (χ0v) is 13.0. The highest BCUT2D eigenvalue weighted by Gasteiger charge is 2.19. The highest BCUT2D eigenvalue weighted by Crippen LogP contribution is 2.26. The monoisotopic (exact) mass is 275 g/mol. The van der Waals surface area contributed by atoms with Crippen LogP contribution in [-0.4, -0.2) is 12.6 Å². The van der Waals surface area contributed by atoms with Crippen LogP contribution >= 0.6 is 0 Å². The van der Waals surface area contributed by atoms with Crippen LogP contribution in [0.25, 0.3) is 0 Å². The first kappa shape index (κ1) is 15.4. The molecule has 0 radical (unpaired) electrons. The van der Waals surface area contributed by atoms with E-state index in [1.165, 1.54) is 37.7 Å². The van der Waals surface area contributed by atoms with E-state index in [1.807, 2.05) is 6.07 Å². The summed E-state index contributed by atoms with van der Waals surface area (Å²) < 4.78 is 5.69. The number of ether oxygens (including phenoxy) is 1. The van der Waals surface area contributed by atoms with Crippen molar-refractivity contribution in [2.24, 2.45) is 5.92 Å². The summed E-state index contributed by atoms with van der Waals surface area (Å²) in [5, 5.41) is 3.73. The Hall–Kier alpha value is -1.02. The Labute approximate surface area is 123 Å². The van der Waals surface area contributed by atoms with Gasteiger partial charge in [0.1, 0.15) is 5.75 Å². The summed E-state index contributed by atoms with van der Waals surface area (Å²) in [5.41, 5.74) is 1.33. The highest BCUT2D eigenvalue weighted by molar-refractivity contribution is 5.28. The van der Waals surface area contributed by atoms with Gasteiger partial charge in [0.2, 0.25) is 0 Å². The maximum absolute atomic E-state index is 5.69. The SMILES string of the molecule is CCCOc1cccc(CNC2CCCC(CC)C2)c1. The molecule has 0 aromatic heterocycles. The van der Waals surface area contributed by atoms with E-state index in [2.05, 4.69) is 37.4 Å². The molecule has 1 aliphatic carbocycles. The van der Waals surface area contributed by atoms with Crippen molar-refractivity contribution in [2.45, 2.75) is 65.0 Å². The van der Waals surface area contributed by atoms with Gasteiger partial charge in [-0.2, -0.15) is 0 Å². The first-order valence-corrected chi connectivity index (χ1v) is 8.27. The van der Waals surface area contributed by atoms with Gasteiger partial charge in [-0.3, -0.25) is 0 Å². The molecule has 2 heteroatoms. The molecule has 0 bridgehead atoms. The lowest BCUT2D eigenvalue weighted by atomic mass is 9.84. The Morgan fingerprint density at radius 2 is 2.15 bits per heavy atom. The van der Waals surface area contributed by atoms with Crippen molar-refractivity contribution < 1.29 is 4.74 Å².